The van der Waals surface area contributed by atoms with E-state index in [0.717, 1.165) is 24.3 Å². The molecule has 0 spiro atoms. The van der Waals surface area contributed by atoms with E-state index in [2.05, 4.69) is 15.0 Å². The number of aromatic nitrogens is 2. The fourth-order valence-corrected chi connectivity index (χ4v) is 5.67. The molecule has 0 aliphatic heterocycles. The zero-order valence-corrected chi connectivity index (χ0v) is 23.0. The average Bonchev–Trinajstić information content (AvgIpc) is 3.50. The first-order valence-electron chi connectivity index (χ1n) is 13.5. The second kappa shape index (κ2) is 10.2. The van der Waals surface area contributed by atoms with Gasteiger partial charge in [0.25, 0.3) is 0 Å². The highest BCUT2D eigenvalue weighted by atomic mass is 19.4. The van der Waals surface area contributed by atoms with Crippen molar-refractivity contribution in [1.29, 1.82) is 5.26 Å². The third-order valence-electron chi connectivity index (χ3n) is 7.81. The standard InChI is InChI=1S/C34H14F6N6/c1-42-46-30-24-13-7-20(18-4-10-22(11-5-18)34(38,39)40)15-26(24)29-32(30)45-28-25-14-19(17-2-8-21(9-3-17)33(35,36)37)6-12-23(25)27(43-16-41)31(28)44-29/h2-15H/b43-27+,46-30+. The van der Waals surface area contributed by atoms with Crippen LogP contribution in [0.5, 0.6) is 0 Å². The molecule has 1 heterocycles. The zero-order valence-electron chi connectivity index (χ0n) is 23.0. The average molecular weight is 621 g/mol. The first-order valence-corrected chi connectivity index (χ1v) is 13.5. The Balaban J connectivity index is 1.48. The van der Waals surface area contributed by atoms with Gasteiger partial charge in [0.15, 0.2) is 5.36 Å². The van der Waals surface area contributed by atoms with Crippen molar-refractivity contribution in [3.63, 3.8) is 0 Å². The summed E-state index contributed by atoms with van der Waals surface area (Å²) in [5.74, 6) is 0. The Kier molecular flexibility index (Phi) is 6.35. The van der Waals surface area contributed by atoms with Crippen molar-refractivity contribution < 1.29 is 26.3 Å². The lowest BCUT2D eigenvalue weighted by Crippen LogP contribution is -2.04. The van der Waals surface area contributed by atoms with Gasteiger partial charge in [-0.2, -0.15) is 43.2 Å². The summed E-state index contributed by atoms with van der Waals surface area (Å²) in [5, 5.41) is 16.1. The summed E-state index contributed by atoms with van der Waals surface area (Å²) in [5.41, 5.74) is 1.97. The smallest absolute Gasteiger partial charge is 0.241 e. The van der Waals surface area contributed by atoms with Crippen molar-refractivity contribution in [2.45, 2.75) is 12.4 Å². The molecule has 0 amide bonds. The molecule has 0 atom stereocenters. The highest BCUT2D eigenvalue weighted by molar-refractivity contribution is 6.15. The molecule has 0 radical (unpaired) electrons. The van der Waals surface area contributed by atoms with Gasteiger partial charge in [0, 0.05) is 21.5 Å². The lowest BCUT2D eigenvalue weighted by Gasteiger charge is -2.08. The van der Waals surface area contributed by atoms with Crippen LogP contribution in [0, 0.1) is 18.0 Å². The number of alkyl halides is 6. The predicted molar refractivity (Wildman–Crippen MR) is 159 cm³/mol. The maximum Gasteiger partial charge on any atom is 0.416 e. The monoisotopic (exact) mass is 620 g/mol. The molecule has 0 aliphatic carbocycles. The fourth-order valence-electron chi connectivity index (χ4n) is 5.67. The van der Waals surface area contributed by atoms with E-state index in [0.29, 0.717) is 60.3 Å². The topological polar surface area (TPSA) is 78.6 Å². The van der Waals surface area contributed by atoms with E-state index >= 15 is 0 Å². The van der Waals surface area contributed by atoms with Crippen LogP contribution >= 0.6 is 0 Å². The molecule has 7 rings (SSSR count). The lowest BCUT2D eigenvalue weighted by molar-refractivity contribution is -0.138. The third kappa shape index (κ3) is 4.59. The summed E-state index contributed by atoms with van der Waals surface area (Å²) in [4.78, 5) is 16.9. The van der Waals surface area contributed by atoms with Crippen LogP contribution < -0.4 is 10.7 Å². The Labute approximate surface area is 254 Å². The first kappa shape index (κ1) is 28.6. The molecule has 1 aromatic heterocycles. The van der Waals surface area contributed by atoms with Gasteiger partial charge in [-0.1, -0.05) is 48.5 Å². The van der Waals surface area contributed by atoms with Crippen molar-refractivity contribution in [2.24, 2.45) is 10.1 Å². The molecule has 6 aromatic carbocycles. The van der Waals surface area contributed by atoms with Crippen LogP contribution in [0.3, 0.4) is 0 Å². The van der Waals surface area contributed by atoms with Crippen LogP contribution in [0.2, 0.25) is 0 Å². The molecule has 0 unspecified atom stereocenters. The van der Waals surface area contributed by atoms with Crippen LogP contribution in [-0.4, -0.2) is 9.97 Å². The minimum absolute atomic E-state index is 0.248. The van der Waals surface area contributed by atoms with E-state index in [1.807, 2.05) is 0 Å². The van der Waals surface area contributed by atoms with Crippen LogP contribution in [0.1, 0.15) is 11.1 Å². The van der Waals surface area contributed by atoms with E-state index in [9.17, 15) is 31.6 Å². The lowest BCUT2D eigenvalue weighted by atomic mass is 10.0. The van der Waals surface area contributed by atoms with E-state index in [-0.39, 0.29) is 16.2 Å². The minimum atomic E-state index is -4.48. The van der Waals surface area contributed by atoms with Crippen LogP contribution in [-0.2, 0) is 12.4 Å². The number of fused-ring (bicyclic) bond motifs is 6. The molecular weight excluding hydrogens is 606 g/mol. The van der Waals surface area contributed by atoms with Crippen molar-refractivity contribution in [2.75, 3.05) is 0 Å². The Morgan fingerprint density at radius 1 is 0.565 bits per heavy atom. The Hall–Kier alpha value is -6.14. The minimum Gasteiger partial charge on any atom is -0.241 e. The molecule has 0 saturated heterocycles. The van der Waals surface area contributed by atoms with Crippen molar-refractivity contribution in [3.8, 4) is 28.4 Å². The second-order valence-corrected chi connectivity index (χ2v) is 10.4. The summed E-state index contributed by atoms with van der Waals surface area (Å²) in [6.07, 6.45) is -7.16. The Morgan fingerprint density at radius 2 is 0.978 bits per heavy atom. The third-order valence-corrected chi connectivity index (χ3v) is 7.81. The van der Waals surface area contributed by atoms with Gasteiger partial charge >= 0.3 is 12.4 Å². The highest BCUT2D eigenvalue weighted by Crippen LogP contribution is 2.35. The molecular formula is C34H14F6N6. The van der Waals surface area contributed by atoms with Crippen LogP contribution in [0.25, 0.3) is 70.8 Å². The summed E-state index contributed by atoms with van der Waals surface area (Å²) in [7, 11) is 0. The molecule has 7 aromatic rings. The number of rotatable bonds is 2. The number of benzene rings is 4. The summed E-state index contributed by atoms with van der Waals surface area (Å²) >= 11 is 0. The Bertz CT molecular complexity index is 2380. The number of hydrogen-bond acceptors (Lipinski definition) is 5. The molecule has 6 nitrogen and oxygen atoms in total. The fraction of sp³-hybridized carbons (Fsp3) is 0.0588. The van der Waals surface area contributed by atoms with Gasteiger partial charge < -0.3 is 0 Å². The molecule has 0 saturated carbocycles. The first-order chi connectivity index (χ1) is 22.0. The van der Waals surface area contributed by atoms with E-state index in [1.54, 1.807) is 42.6 Å². The van der Waals surface area contributed by atoms with Crippen molar-refractivity contribution in [3.05, 3.63) is 118 Å². The number of nitrogens with zero attached hydrogens (tertiary/aromatic N) is 6. The van der Waals surface area contributed by atoms with Crippen LogP contribution in [0.15, 0.2) is 95.0 Å². The Morgan fingerprint density at radius 3 is 1.39 bits per heavy atom. The van der Waals surface area contributed by atoms with Gasteiger partial charge in [-0.05, 0) is 58.7 Å². The molecule has 46 heavy (non-hydrogen) atoms. The maximum absolute atomic E-state index is 13.1. The number of nitriles is 1. The maximum atomic E-state index is 13.1. The summed E-state index contributed by atoms with van der Waals surface area (Å²) in [6.45, 7) is 7.40. The van der Waals surface area contributed by atoms with Gasteiger partial charge in [0.05, 0.1) is 27.3 Å². The van der Waals surface area contributed by atoms with Crippen LogP contribution in [0.4, 0.5) is 26.3 Å². The van der Waals surface area contributed by atoms with Gasteiger partial charge in [0.1, 0.15) is 16.4 Å². The van der Waals surface area contributed by atoms with Gasteiger partial charge in [-0.25, -0.2) is 9.97 Å². The van der Waals surface area contributed by atoms with E-state index in [1.165, 1.54) is 24.3 Å². The van der Waals surface area contributed by atoms with Gasteiger partial charge in [-0.3, -0.25) is 0 Å². The van der Waals surface area contributed by atoms with E-state index < -0.39 is 23.5 Å². The summed E-state index contributed by atoms with van der Waals surface area (Å²) < 4.78 is 78.7. The quantitative estimate of drug-likeness (QED) is 0.0842. The normalized spacial score (nSPS) is 13.2. The van der Waals surface area contributed by atoms with Gasteiger partial charge in [0.2, 0.25) is 6.19 Å². The second-order valence-electron chi connectivity index (χ2n) is 10.4. The van der Waals surface area contributed by atoms with Crippen molar-refractivity contribution in [1.82, 2.24) is 9.97 Å². The zero-order chi connectivity index (χ0) is 32.4. The SMILES string of the molecule is [C-]#[N+]/N=c1\c2ccc(-c3ccc(C(F)(F)F)cc3)cc2c2nc3/c(=N/C#N)c4ccc(-c5ccc(C(F)(F)F)cc5)cc4c3nc12. The molecule has 0 bridgehead atoms. The molecule has 0 aliphatic rings. The van der Waals surface area contributed by atoms with E-state index in [4.69, 9.17) is 16.5 Å². The van der Waals surface area contributed by atoms with Crippen molar-refractivity contribution >= 4 is 43.6 Å². The number of hydrogen-bond donors (Lipinski definition) is 0. The molecule has 222 valence electrons. The molecule has 0 fully saturated rings. The largest absolute Gasteiger partial charge is 0.416 e. The molecule has 12 heteroatoms. The molecule has 0 N–H and O–H groups in total. The number of halogens is 6. The summed E-state index contributed by atoms with van der Waals surface area (Å²) in [6, 6.07) is 19.7. The predicted octanol–water partition coefficient (Wildman–Crippen LogP) is 8.45. The highest BCUT2D eigenvalue weighted by Gasteiger charge is 2.31. The van der Waals surface area contributed by atoms with Gasteiger partial charge in [-0.15, -0.1) is 4.95 Å².